The Morgan fingerprint density at radius 1 is 1.47 bits per heavy atom. The number of hydrogen-bond donors (Lipinski definition) is 1. The van der Waals surface area contributed by atoms with E-state index in [0.29, 0.717) is 18.2 Å². The summed E-state index contributed by atoms with van der Waals surface area (Å²) < 4.78 is 21.9. The number of nitrogens with zero attached hydrogens (tertiary/aromatic N) is 3. The van der Waals surface area contributed by atoms with Gasteiger partial charge in [0.1, 0.15) is 21.5 Å². The molecule has 6 nitrogen and oxygen atoms in total. The lowest BCUT2D eigenvalue weighted by Gasteiger charge is -2.16. The molecule has 0 aliphatic rings. The van der Waals surface area contributed by atoms with Crippen molar-refractivity contribution in [1.82, 2.24) is 9.97 Å². The van der Waals surface area contributed by atoms with Crippen LogP contribution in [-0.2, 0) is 9.84 Å². The molecule has 0 atom stereocenters. The van der Waals surface area contributed by atoms with E-state index in [4.69, 9.17) is 5.73 Å². The smallest absolute Gasteiger partial charge is 0.149 e. The van der Waals surface area contributed by atoms with Crippen molar-refractivity contribution < 1.29 is 8.42 Å². The number of nitrogen functional groups attached to an aromatic ring is 1. The molecule has 7 heteroatoms. The standard InChI is InChI=1S/C8H14N4O2S/c1-12(3-4-15(2,13)14)8-6-10-5-7(9)11-8/h5-6H,3-4H2,1-2H3,(H2,9,11). The lowest BCUT2D eigenvalue weighted by atomic mass is 10.5. The Morgan fingerprint density at radius 2 is 2.13 bits per heavy atom. The Bertz CT molecular complexity index is 432. The van der Waals surface area contributed by atoms with Crippen LogP contribution in [0, 0.1) is 0 Å². The van der Waals surface area contributed by atoms with Crippen LogP contribution >= 0.6 is 0 Å². The van der Waals surface area contributed by atoms with Crippen LogP contribution in [0.15, 0.2) is 12.4 Å². The fourth-order valence-electron chi connectivity index (χ4n) is 0.972. The highest BCUT2D eigenvalue weighted by molar-refractivity contribution is 7.90. The molecular formula is C8H14N4O2S. The molecule has 0 saturated heterocycles. The van der Waals surface area contributed by atoms with Crippen molar-refractivity contribution in [3.8, 4) is 0 Å². The van der Waals surface area contributed by atoms with E-state index in [2.05, 4.69) is 9.97 Å². The Hall–Kier alpha value is -1.37. The van der Waals surface area contributed by atoms with E-state index in [9.17, 15) is 8.42 Å². The van der Waals surface area contributed by atoms with Gasteiger partial charge in [0.15, 0.2) is 0 Å². The van der Waals surface area contributed by atoms with Gasteiger partial charge in [-0.15, -0.1) is 0 Å². The Labute approximate surface area is 89.1 Å². The maximum atomic E-state index is 10.9. The SMILES string of the molecule is CN(CCS(C)(=O)=O)c1cncc(N)n1. The average Bonchev–Trinajstić information content (AvgIpc) is 2.13. The molecule has 0 amide bonds. The number of sulfone groups is 1. The zero-order chi connectivity index (χ0) is 11.5. The third-order valence-corrected chi connectivity index (χ3v) is 2.75. The van der Waals surface area contributed by atoms with Gasteiger partial charge in [-0.3, -0.25) is 4.98 Å². The molecule has 0 radical (unpaired) electrons. The van der Waals surface area contributed by atoms with Gasteiger partial charge in [0.25, 0.3) is 0 Å². The quantitative estimate of drug-likeness (QED) is 0.753. The van der Waals surface area contributed by atoms with Crippen LogP contribution < -0.4 is 10.6 Å². The van der Waals surface area contributed by atoms with Crippen molar-refractivity contribution in [2.24, 2.45) is 0 Å². The van der Waals surface area contributed by atoms with Crippen molar-refractivity contribution in [2.75, 3.05) is 36.2 Å². The number of anilines is 2. The van der Waals surface area contributed by atoms with E-state index >= 15 is 0 Å². The fourth-order valence-corrected chi connectivity index (χ4v) is 1.58. The summed E-state index contributed by atoms with van der Waals surface area (Å²) in [4.78, 5) is 9.59. The van der Waals surface area contributed by atoms with E-state index in [1.54, 1.807) is 18.1 Å². The van der Waals surface area contributed by atoms with Crippen LogP contribution in [0.4, 0.5) is 11.6 Å². The molecule has 1 aromatic heterocycles. The van der Waals surface area contributed by atoms with Crippen molar-refractivity contribution >= 4 is 21.5 Å². The van der Waals surface area contributed by atoms with Crippen LogP contribution in [0.25, 0.3) is 0 Å². The molecule has 0 saturated carbocycles. The molecule has 0 spiro atoms. The van der Waals surface area contributed by atoms with Gasteiger partial charge < -0.3 is 10.6 Å². The number of hydrogen-bond acceptors (Lipinski definition) is 6. The summed E-state index contributed by atoms with van der Waals surface area (Å²) in [7, 11) is -1.21. The molecular weight excluding hydrogens is 216 g/mol. The second-order valence-electron chi connectivity index (χ2n) is 3.35. The molecule has 0 unspecified atom stereocenters. The van der Waals surface area contributed by atoms with Crippen LogP contribution in [0.1, 0.15) is 0 Å². The predicted octanol–water partition coefficient (Wildman–Crippen LogP) is -0.460. The Kier molecular flexibility index (Phi) is 3.46. The first-order valence-corrected chi connectivity index (χ1v) is 6.41. The molecule has 0 bridgehead atoms. The number of nitrogens with two attached hydrogens (primary N) is 1. The highest BCUT2D eigenvalue weighted by atomic mass is 32.2. The maximum Gasteiger partial charge on any atom is 0.149 e. The van der Waals surface area contributed by atoms with Gasteiger partial charge in [-0.05, 0) is 0 Å². The second kappa shape index (κ2) is 4.43. The minimum Gasteiger partial charge on any atom is -0.382 e. The van der Waals surface area contributed by atoms with E-state index in [1.165, 1.54) is 12.5 Å². The number of rotatable bonds is 4. The summed E-state index contributed by atoms with van der Waals surface area (Å²) in [5.41, 5.74) is 5.46. The maximum absolute atomic E-state index is 10.9. The van der Waals surface area contributed by atoms with Crippen LogP contribution in [0.5, 0.6) is 0 Å². The fraction of sp³-hybridized carbons (Fsp3) is 0.500. The highest BCUT2D eigenvalue weighted by Gasteiger charge is 2.07. The molecule has 2 N–H and O–H groups in total. The largest absolute Gasteiger partial charge is 0.382 e. The molecule has 0 aliphatic carbocycles. The van der Waals surface area contributed by atoms with Crippen molar-refractivity contribution in [1.29, 1.82) is 0 Å². The van der Waals surface area contributed by atoms with Crippen LogP contribution in [0.3, 0.4) is 0 Å². The molecule has 0 fully saturated rings. The molecule has 1 heterocycles. The minimum atomic E-state index is -2.96. The van der Waals surface area contributed by atoms with Crippen molar-refractivity contribution in [3.63, 3.8) is 0 Å². The third kappa shape index (κ3) is 4.11. The van der Waals surface area contributed by atoms with Crippen molar-refractivity contribution in [2.45, 2.75) is 0 Å². The van der Waals surface area contributed by atoms with E-state index in [1.807, 2.05) is 0 Å². The van der Waals surface area contributed by atoms with Gasteiger partial charge in [0.05, 0.1) is 18.1 Å². The van der Waals surface area contributed by atoms with Gasteiger partial charge >= 0.3 is 0 Å². The van der Waals surface area contributed by atoms with Gasteiger partial charge in [0.2, 0.25) is 0 Å². The van der Waals surface area contributed by atoms with Gasteiger partial charge in [0, 0.05) is 19.8 Å². The Morgan fingerprint density at radius 3 is 2.67 bits per heavy atom. The average molecular weight is 230 g/mol. The molecule has 0 aliphatic heterocycles. The van der Waals surface area contributed by atoms with Crippen LogP contribution in [0.2, 0.25) is 0 Å². The number of aromatic nitrogens is 2. The van der Waals surface area contributed by atoms with Gasteiger partial charge in [-0.2, -0.15) is 0 Å². The van der Waals surface area contributed by atoms with E-state index < -0.39 is 9.84 Å². The lowest BCUT2D eigenvalue weighted by molar-refractivity contribution is 0.601. The van der Waals surface area contributed by atoms with E-state index in [-0.39, 0.29) is 5.75 Å². The molecule has 84 valence electrons. The first kappa shape index (κ1) is 11.7. The summed E-state index contributed by atoms with van der Waals surface area (Å²) >= 11 is 0. The first-order valence-electron chi connectivity index (χ1n) is 4.35. The summed E-state index contributed by atoms with van der Waals surface area (Å²) in [5.74, 6) is 0.970. The minimum absolute atomic E-state index is 0.0833. The molecule has 0 aromatic carbocycles. The zero-order valence-corrected chi connectivity index (χ0v) is 9.53. The van der Waals surface area contributed by atoms with Crippen LogP contribution in [-0.4, -0.2) is 44.0 Å². The van der Waals surface area contributed by atoms with E-state index in [0.717, 1.165) is 0 Å². The summed E-state index contributed by atoms with van der Waals surface area (Å²) in [6.45, 7) is 0.372. The topological polar surface area (TPSA) is 89.2 Å². The Balaban J connectivity index is 2.65. The normalized spacial score (nSPS) is 11.3. The first-order chi connectivity index (χ1) is 6.88. The highest BCUT2D eigenvalue weighted by Crippen LogP contribution is 2.08. The van der Waals surface area contributed by atoms with Crippen molar-refractivity contribution in [3.05, 3.63) is 12.4 Å². The lowest BCUT2D eigenvalue weighted by Crippen LogP contribution is -2.25. The third-order valence-electron chi connectivity index (χ3n) is 1.83. The zero-order valence-electron chi connectivity index (χ0n) is 8.71. The van der Waals surface area contributed by atoms with Gasteiger partial charge in [-0.1, -0.05) is 0 Å². The second-order valence-corrected chi connectivity index (χ2v) is 5.61. The monoisotopic (exact) mass is 230 g/mol. The summed E-state index contributed by atoms with van der Waals surface area (Å²) in [5, 5.41) is 0. The predicted molar refractivity (Wildman–Crippen MR) is 59.4 cm³/mol. The molecule has 1 aromatic rings. The summed E-state index contributed by atoms with van der Waals surface area (Å²) in [6, 6.07) is 0. The summed E-state index contributed by atoms with van der Waals surface area (Å²) in [6.07, 6.45) is 4.18. The van der Waals surface area contributed by atoms with Gasteiger partial charge in [-0.25, -0.2) is 13.4 Å². The molecule has 1 rings (SSSR count). The molecule has 15 heavy (non-hydrogen) atoms.